The summed E-state index contributed by atoms with van der Waals surface area (Å²) in [6, 6.07) is 0. The van der Waals surface area contributed by atoms with Crippen LogP contribution in [0, 0.1) is 0 Å². The minimum absolute atomic E-state index is 0.118. The Hall–Kier alpha value is -1.37. The first-order valence-corrected chi connectivity index (χ1v) is 8.52. The second-order valence-corrected chi connectivity index (χ2v) is 6.61. The molecule has 1 aromatic heterocycles. The summed E-state index contributed by atoms with van der Waals surface area (Å²) in [5.41, 5.74) is 0.299. The van der Waals surface area contributed by atoms with Gasteiger partial charge in [0.05, 0.1) is 25.8 Å². The van der Waals surface area contributed by atoms with Crippen LogP contribution < -0.4 is 5.32 Å². The monoisotopic (exact) mass is 364 g/mol. The highest BCUT2D eigenvalue weighted by Crippen LogP contribution is 2.39. The zero-order valence-electron chi connectivity index (χ0n) is 12.2. The van der Waals surface area contributed by atoms with Crippen molar-refractivity contribution in [3.05, 3.63) is 12.0 Å². The molecule has 0 radical (unpaired) electrons. The third-order valence-corrected chi connectivity index (χ3v) is 4.21. The highest BCUT2D eigenvalue weighted by atomic mass is 31.2. The molecule has 1 fully saturated rings. The highest BCUT2D eigenvalue weighted by Gasteiger charge is 2.45. The number of hydrogen-bond donors (Lipinski definition) is 6. The Kier molecular flexibility index (Phi) is 4.73. The van der Waals surface area contributed by atoms with Gasteiger partial charge in [-0.1, -0.05) is 0 Å². The Labute approximate surface area is 135 Å². The number of ether oxygens (including phenoxy) is 1. The lowest BCUT2D eigenvalue weighted by molar-refractivity contribution is -0.0511. The Balaban J connectivity index is 1.81. The van der Waals surface area contributed by atoms with E-state index in [-0.39, 0.29) is 6.54 Å². The van der Waals surface area contributed by atoms with E-state index in [1.807, 2.05) is 0 Å². The number of phosphoric ester groups is 1. The first kappa shape index (κ1) is 17.5. The van der Waals surface area contributed by atoms with Crippen molar-refractivity contribution >= 4 is 20.0 Å². The molecule has 134 valence electrons. The summed E-state index contributed by atoms with van der Waals surface area (Å²) in [5, 5.41) is 32.9. The fourth-order valence-corrected chi connectivity index (χ4v) is 2.91. The van der Waals surface area contributed by atoms with E-state index in [1.165, 1.54) is 17.2 Å². The Morgan fingerprint density at radius 2 is 2.12 bits per heavy atom. The maximum absolute atomic E-state index is 10.8. The van der Waals surface area contributed by atoms with E-state index in [2.05, 4.69) is 19.8 Å². The Morgan fingerprint density at radius 1 is 1.38 bits per heavy atom. The molecule has 2 aliphatic rings. The van der Waals surface area contributed by atoms with E-state index >= 15 is 0 Å². The van der Waals surface area contributed by atoms with Crippen molar-refractivity contribution < 1.29 is 38.9 Å². The lowest BCUT2D eigenvalue weighted by Crippen LogP contribution is -2.33. The number of fused-ring (bicyclic) bond motifs is 1. The molecule has 0 aliphatic carbocycles. The molecule has 3 heterocycles. The summed E-state index contributed by atoms with van der Waals surface area (Å²) in [4.78, 5) is 25.4. The number of nitrogens with one attached hydrogen (secondary N) is 1. The van der Waals surface area contributed by atoms with Crippen LogP contribution in [-0.4, -0.2) is 72.5 Å². The number of phosphoric acid groups is 1. The minimum Gasteiger partial charge on any atom is -0.387 e. The molecule has 3 rings (SSSR count). The summed E-state index contributed by atoms with van der Waals surface area (Å²) >= 11 is 0. The van der Waals surface area contributed by atoms with Gasteiger partial charge in [0, 0.05) is 0 Å². The molecule has 1 aromatic rings. The molecule has 6 N–H and O–H groups in total. The van der Waals surface area contributed by atoms with E-state index in [1.54, 1.807) is 0 Å². The number of hydrogen-bond acceptors (Lipinski definition) is 9. The molecule has 0 amide bonds. The number of imidazole rings is 1. The second kappa shape index (κ2) is 6.50. The summed E-state index contributed by atoms with van der Waals surface area (Å²) in [7, 11) is -4.73. The predicted molar refractivity (Wildman–Crippen MR) is 78.1 cm³/mol. The molecular weight excluding hydrogens is 347 g/mol. The van der Waals surface area contributed by atoms with E-state index in [4.69, 9.17) is 14.5 Å². The average molecular weight is 364 g/mol. The SMILES string of the molecule is O=P(O)(O)OC[C@H]1O[C@@H](n2cnc3c2NC=NC[C@H]3O)[C@H](O)[C@@H]1O. The molecule has 13 heteroatoms. The molecular formula is C11H17N4O8P. The van der Waals surface area contributed by atoms with Crippen molar-refractivity contribution in [2.75, 3.05) is 18.5 Å². The molecule has 0 saturated carbocycles. The molecule has 12 nitrogen and oxygen atoms in total. The first-order chi connectivity index (χ1) is 11.3. The van der Waals surface area contributed by atoms with Gasteiger partial charge in [-0.25, -0.2) is 9.55 Å². The molecule has 0 aromatic carbocycles. The third kappa shape index (κ3) is 3.36. The Bertz CT molecular complexity index is 675. The Morgan fingerprint density at radius 3 is 2.83 bits per heavy atom. The van der Waals surface area contributed by atoms with E-state index < -0.39 is 45.1 Å². The number of aliphatic hydroxyl groups is 3. The van der Waals surface area contributed by atoms with Crippen LogP contribution >= 0.6 is 7.82 Å². The predicted octanol–water partition coefficient (Wildman–Crippen LogP) is -1.90. The highest BCUT2D eigenvalue weighted by molar-refractivity contribution is 7.46. The molecule has 2 aliphatic heterocycles. The largest absolute Gasteiger partial charge is 0.469 e. The van der Waals surface area contributed by atoms with Gasteiger partial charge in [-0.2, -0.15) is 0 Å². The normalized spacial score (nSPS) is 33.1. The van der Waals surface area contributed by atoms with E-state index in [9.17, 15) is 19.9 Å². The van der Waals surface area contributed by atoms with E-state index in [0.717, 1.165) is 0 Å². The van der Waals surface area contributed by atoms with Gasteiger partial charge < -0.3 is 35.2 Å². The van der Waals surface area contributed by atoms with Crippen LogP contribution in [0.3, 0.4) is 0 Å². The number of rotatable bonds is 4. The van der Waals surface area contributed by atoms with Gasteiger partial charge >= 0.3 is 7.82 Å². The van der Waals surface area contributed by atoms with Crippen molar-refractivity contribution in [2.24, 2.45) is 4.99 Å². The van der Waals surface area contributed by atoms with Crippen molar-refractivity contribution in [1.29, 1.82) is 0 Å². The van der Waals surface area contributed by atoms with Crippen LogP contribution in [0.2, 0.25) is 0 Å². The summed E-state index contributed by atoms with van der Waals surface area (Å²) < 4.78 is 21.9. The summed E-state index contributed by atoms with van der Waals surface area (Å²) in [6.45, 7) is -0.486. The number of anilines is 1. The number of aromatic nitrogens is 2. The standard InChI is InChI=1S/C11H17N4O8P/c16-5-1-12-3-13-10-7(5)14-4-15(10)11-9(18)8(17)6(23-11)2-22-24(19,20)21/h3-6,8-9,11,16-18H,1-2H2,(H,12,13)(H2,19,20,21)/t5-,6-,8-,9-,11-/m1/s1. The molecule has 5 atom stereocenters. The third-order valence-electron chi connectivity index (χ3n) is 3.73. The summed E-state index contributed by atoms with van der Waals surface area (Å²) in [6.07, 6.45) is -3.33. The molecule has 0 bridgehead atoms. The average Bonchev–Trinajstić information content (AvgIpc) is 2.97. The van der Waals surface area contributed by atoms with Crippen molar-refractivity contribution in [2.45, 2.75) is 30.6 Å². The minimum atomic E-state index is -4.73. The van der Waals surface area contributed by atoms with Crippen LogP contribution in [0.25, 0.3) is 0 Å². The maximum Gasteiger partial charge on any atom is 0.469 e. The van der Waals surface area contributed by atoms with Gasteiger partial charge in [0.15, 0.2) is 6.23 Å². The lowest BCUT2D eigenvalue weighted by atomic mass is 10.1. The van der Waals surface area contributed by atoms with Crippen LogP contribution in [0.4, 0.5) is 5.82 Å². The number of aliphatic hydroxyl groups excluding tert-OH is 3. The van der Waals surface area contributed by atoms with Gasteiger partial charge in [0.1, 0.15) is 35.9 Å². The fraction of sp³-hybridized carbons (Fsp3) is 0.636. The second-order valence-electron chi connectivity index (χ2n) is 5.37. The zero-order chi connectivity index (χ0) is 17.5. The van der Waals surface area contributed by atoms with Crippen molar-refractivity contribution in [3.63, 3.8) is 0 Å². The van der Waals surface area contributed by atoms with Gasteiger partial charge in [0.25, 0.3) is 0 Å². The zero-order valence-corrected chi connectivity index (χ0v) is 13.1. The van der Waals surface area contributed by atoms with Crippen LogP contribution in [0.15, 0.2) is 11.3 Å². The van der Waals surface area contributed by atoms with Crippen molar-refractivity contribution in [1.82, 2.24) is 9.55 Å². The van der Waals surface area contributed by atoms with Gasteiger partial charge in [-0.3, -0.25) is 14.1 Å². The fourth-order valence-electron chi connectivity index (χ4n) is 2.57. The van der Waals surface area contributed by atoms with Crippen LogP contribution in [-0.2, 0) is 13.8 Å². The lowest BCUT2D eigenvalue weighted by Gasteiger charge is -2.19. The van der Waals surface area contributed by atoms with Gasteiger partial charge in [-0.15, -0.1) is 0 Å². The van der Waals surface area contributed by atoms with Crippen molar-refractivity contribution in [3.8, 4) is 0 Å². The topological polar surface area (TPSA) is 179 Å². The maximum atomic E-state index is 10.8. The molecule has 1 saturated heterocycles. The molecule has 0 unspecified atom stereocenters. The summed E-state index contributed by atoms with van der Waals surface area (Å²) in [5.74, 6) is 0.330. The van der Waals surface area contributed by atoms with Gasteiger partial charge in [-0.05, 0) is 0 Å². The smallest absolute Gasteiger partial charge is 0.387 e. The first-order valence-electron chi connectivity index (χ1n) is 6.99. The van der Waals surface area contributed by atoms with Gasteiger partial charge in [0.2, 0.25) is 0 Å². The van der Waals surface area contributed by atoms with Crippen LogP contribution in [0.5, 0.6) is 0 Å². The van der Waals surface area contributed by atoms with Crippen LogP contribution in [0.1, 0.15) is 18.0 Å². The molecule has 24 heavy (non-hydrogen) atoms. The number of aliphatic imine (C=N–C) groups is 1. The molecule has 0 spiro atoms. The number of nitrogens with zero attached hydrogens (tertiary/aromatic N) is 3. The quantitative estimate of drug-likeness (QED) is 0.330. The van der Waals surface area contributed by atoms with E-state index in [0.29, 0.717) is 11.5 Å².